The second-order valence-electron chi connectivity index (χ2n) is 2.14. The van der Waals surface area contributed by atoms with E-state index in [4.69, 9.17) is 0 Å². The Bertz CT molecular complexity index is 240. The highest BCUT2D eigenvalue weighted by Gasteiger charge is 1.99. The molecule has 1 aromatic rings. The molecule has 1 heterocycles. The van der Waals surface area contributed by atoms with Gasteiger partial charge < -0.3 is 0 Å². The lowest BCUT2D eigenvalue weighted by Crippen LogP contribution is -1.99. The first-order valence-electron chi connectivity index (χ1n) is 3.00. The van der Waals surface area contributed by atoms with Gasteiger partial charge in [0.15, 0.2) is 11.6 Å². The van der Waals surface area contributed by atoms with Crippen molar-refractivity contribution >= 4 is 5.78 Å². The van der Waals surface area contributed by atoms with Gasteiger partial charge in [0.1, 0.15) is 0 Å². The Morgan fingerprint density at radius 2 is 1.90 bits per heavy atom. The van der Waals surface area contributed by atoms with Crippen LogP contribution in [-0.2, 0) is 0 Å². The van der Waals surface area contributed by atoms with E-state index in [0.29, 0.717) is 0 Å². The number of nitrogens with zero attached hydrogens (tertiary/aromatic N) is 2. The molecule has 0 amide bonds. The van der Waals surface area contributed by atoms with Crippen LogP contribution in [0.25, 0.3) is 0 Å². The molecule has 0 N–H and O–H groups in total. The molecule has 0 atom stereocenters. The molecule has 0 aromatic carbocycles. The van der Waals surface area contributed by atoms with Gasteiger partial charge in [-0.25, -0.2) is 9.97 Å². The lowest BCUT2D eigenvalue weighted by molar-refractivity contribution is 0.100. The van der Waals surface area contributed by atoms with Gasteiger partial charge >= 0.3 is 0 Å². The summed E-state index contributed by atoms with van der Waals surface area (Å²) in [5.41, 5.74) is 0.963. The normalized spacial score (nSPS) is 9.40. The van der Waals surface area contributed by atoms with Crippen LogP contribution in [0, 0.1) is 6.92 Å². The van der Waals surface area contributed by atoms with Crippen molar-refractivity contribution in [3.63, 3.8) is 0 Å². The number of carbonyl (C=O) groups excluding carboxylic acids is 1. The Morgan fingerprint density at radius 3 is 2.30 bits per heavy atom. The molecule has 0 unspecified atom stereocenters. The van der Waals surface area contributed by atoms with Crippen LogP contribution in [0.3, 0.4) is 0 Å². The molecule has 0 bridgehead atoms. The fourth-order valence-corrected chi connectivity index (χ4v) is 0.574. The van der Waals surface area contributed by atoms with E-state index >= 15 is 0 Å². The molecule has 0 spiro atoms. The molecule has 0 radical (unpaired) electrons. The molecule has 52 valence electrons. The van der Waals surface area contributed by atoms with Gasteiger partial charge in [-0.3, -0.25) is 4.79 Å². The molecule has 0 aliphatic rings. The van der Waals surface area contributed by atoms with Gasteiger partial charge in [-0.15, -0.1) is 0 Å². The minimum Gasteiger partial charge on any atom is -0.291 e. The highest BCUT2D eigenvalue weighted by atomic mass is 16.1. The molecule has 0 saturated heterocycles. The first-order chi connectivity index (χ1) is 4.70. The van der Waals surface area contributed by atoms with E-state index in [1.807, 2.05) is 6.92 Å². The summed E-state index contributed by atoms with van der Waals surface area (Å²) in [5.74, 6) is 0.186. The number of hydrogen-bond donors (Lipinski definition) is 0. The third-order valence-corrected chi connectivity index (χ3v) is 1.10. The summed E-state index contributed by atoms with van der Waals surface area (Å²) in [6.07, 6.45) is 3.26. The highest BCUT2D eigenvalue weighted by molar-refractivity contribution is 5.90. The van der Waals surface area contributed by atoms with Gasteiger partial charge in [0.05, 0.1) is 0 Å². The minimum absolute atomic E-state index is 0.0972. The monoisotopic (exact) mass is 136 g/mol. The fourth-order valence-electron chi connectivity index (χ4n) is 0.574. The van der Waals surface area contributed by atoms with Crippen LogP contribution < -0.4 is 0 Å². The van der Waals surface area contributed by atoms with E-state index in [0.717, 1.165) is 5.56 Å². The predicted octanol–water partition coefficient (Wildman–Crippen LogP) is 0.988. The second kappa shape index (κ2) is 2.56. The topological polar surface area (TPSA) is 42.9 Å². The van der Waals surface area contributed by atoms with Gasteiger partial charge in [-0.2, -0.15) is 0 Å². The maximum absolute atomic E-state index is 10.6. The van der Waals surface area contributed by atoms with E-state index in [-0.39, 0.29) is 11.6 Å². The van der Waals surface area contributed by atoms with E-state index in [2.05, 4.69) is 9.97 Å². The van der Waals surface area contributed by atoms with Crippen LogP contribution in [0.5, 0.6) is 0 Å². The van der Waals surface area contributed by atoms with Gasteiger partial charge in [0.25, 0.3) is 0 Å². The van der Waals surface area contributed by atoms with Crippen molar-refractivity contribution in [3.05, 3.63) is 23.8 Å². The molecule has 1 aromatic heterocycles. The number of hydrogen-bond acceptors (Lipinski definition) is 3. The molecule has 0 fully saturated rings. The standard InChI is InChI=1S/C7H8N2O/c1-5-3-8-7(6(2)10)9-4-5/h3-4H,1-2H3. The average Bonchev–Trinajstić information content (AvgIpc) is 1.88. The lowest BCUT2D eigenvalue weighted by Gasteiger charge is -1.92. The first-order valence-corrected chi connectivity index (χ1v) is 3.00. The third kappa shape index (κ3) is 1.37. The predicted molar refractivity (Wildman–Crippen MR) is 36.8 cm³/mol. The number of aryl methyl sites for hydroxylation is 1. The Kier molecular flexibility index (Phi) is 1.76. The van der Waals surface area contributed by atoms with Crippen molar-refractivity contribution in [1.29, 1.82) is 0 Å². The Balaban J connectivity index is 3.00. The minimum atomic E-state index is -0.0972. The zero-order valence-corrected chi connectivity index (χ0v) is 5.96. The summed E-state index contributed by atoms with van der Waals surface area (Å²) in [7, 11) is 0. The Labute approximate surface area is 59.1 Å². The molecule has 1 rings (SSSR count). The summed E-state index contributed by atoms with van der Waals surface area (Å²) in [4.78, 5) is 18.3. The van der Waals surface area contributed by atoms with Crippen LogP contribution in [0.2, 0.25) is 0 Å². The van der Waals surface area contributed by atoms with E-state index in [9.17, 15) is 4.79 Å². The van der Waals surface area contributed by atoms with Crippen molar-refractivity contribution in [3.8, 4) is 0 Å². The van der Waals surface area contributed by atoms with Crippen molar-refractivity contribution in [1.82, 2.24) is 9.97 Å². The first kappa shape index (κ1) is 6.86. The summed E-state index contributed by atoms with van der Waals surface area (Å²) < 4.78 is 0. The highest BCUT2D eigenvalue weighted by Crippen LogP contribution is 1.93. The van der Waals surface area contributed by atoms with Gasteiger partial charge in [0.2, 0.25) is 0 Å². The molecule has 0 aliphatic heterocycles. The van der Waals surface area contributed by atoms with Crippen LogP contribution in [0.15, 0.2) is 12.4 Å². The molecular formula is C7H8N2O. The van der Waals surface area contributed by atoms with Crippen molar-refractivity contribution in [2.24, 2.45) is 0 Å². The number of rotatable bonds is 1. The maximum atomic E-state index is 10.6. The van der Waals surface area contributed by atoms with Gasteiger partial charge in [-0.1, -0.05) is 0 Å². The van der Waals surface area contributed by atoms with Gasteiger partial charge in [-0.05, 0) is 12.5 Å². The quantitative estimate of drug-likeness (QED) is 0.540. The molecular weight excluding hydrogens is 128 g/mol. The average molecular weight is 136 g/mol. The SMILES string of the molecule is CC(=O)c1ncc(C)cn1. The molecule has 3 heteroatoms. The van der Waals surface area contributed by atoms with E-state index < -0.39 is 0 Å². The summed E-state index contributed by atoms with van der Waals surface area (Å²) >= 11 is 0. The van der Waals surface area contributed by atoms with Crippen LogP contribution in [0.4, 0.5) is 0 Å². The number of carbonyl (C=O) groups is 1. The zero-order chi connectivity index (χ0) is 7.56. The van der Waals surface area contributed by atoms with Crippen molar-refractivity contribution < 1.29 is 4.79 Å². The zero-order valence-electron chi connectivity index (χ0n) is 5.96. The number of ketones is 1. The van der Waals surface area contributed by atoms with Crippen molar-refractivity contribution in [2.45, 2.75) is 13.8 Å². The largest absolute Gasteiger partial charge is 0.291 e. The smallest absolute Gasteiger partial charge is 0.196 e. The van der Waals surface area contributed by atoms with Crippen LogP contribution >= 0.6 is 0 Å². The van der Waals surface area contributed by atoms with Gasteiger partial charge in [0, 0.05) is 19.3 Å². The van der Waals surface area contributed by atoms with Crippen LogP contribution in [-0.4, -0.2) is 15.8 Å². The summed E-state index contributed by atoms with van der Waals surface area (Å²) in [6, 6.07) is 0. The molecule has 3 nitrogen and oxygen atoms in total. The third-order valence-electron chi connectivity index (χ3n) is 1.10. The fraction of sp³-hybridized carbons (Fsp3) is 0.286. The Morgan fingerprint density at radius 1 is 1.40 bits per heavy atom. The van der Waals surface area contributed by atoms with E-state index in [1.54, 1.807) is 12.4 Å². The summed E-state index contributed by atoms with van der Waals surface area (Å²) in [6.45, 7) is 3.33. The van der Waals surface area contributed by atoms with E-state index in [1.165, 1.54) is 6.92 Å². The molecule has 0 aliphatic carbocycles. The molecule has 0 saturated carbocycles. The second-order valence-corrected chi connectivity index (χ2v) is 2.14. The van der Waals surface area contributed by atoms with Crippen molar-refractivity contribution in [2.75, 3.05) is 0 Å². The molecule has 10 heavy (non-hydrogen) atoms. The summed E-state index contributed by atoms with van der Waals surface area (Å²) in [5, 5.41) is 0. The lowest BCUT2D eigenvalue weighted by atomic mass is 10.3. The number of aromatic nitrogens is 2. The Hall–Kier alpha value is -1.25. The maximum Gasteiger partial charge on any atom is 0.196 e. The number of Topliss-reactive ketones (excluding diaryl/α,β-unsaturated/α-hetero) is 1. The van der Waals surface area contributed by atoms with Crippen LogP contribution in [0.1, 0.15) is 23.1 Å².